The van der Waals surface area contributed by atoms with Crippen molar-refractivity contribution in [3.8, 4) is 0 Å². The van der Waals surface area contributed by atoms with Crippen molar-refractivity contribution < 1.29 is 23.1 Å². The average Bonchev–Trinajstić information content (AvgIpc) is 3.30. The van der Waals surface area contributed by atoms with Gasteiger partial charge in [-0.3, -0.25) is 4.79 Å². The Morgan fingerprint density at radius 2 is 1.58 bits per heavy atom. The maximum atomic E-state index is 13.4. The monoisotopic (exact) mass is 523 g/mol. The second kappa shape index (κ2) is 9.79. The lowest BCUT2D eigenvalue weighted by Gasteiger charge is -2.20. The minimum Gasteiger partial charge on any atom is -0.478 e. The molecular formula is C26H25N3O5S2. The van der Waals surface area contributed by atoms with Crippen LogP contribution in [0.5, 0.6) is 0 Å². The van der Waals surface area contributed by atoms with E-state index in [2.05, 4.69) is 13.5 Å². The molecule has 8 nitrogen and oxygen atoms in total. The van der Waals surface area contributed by atoms with Crippen LogP contribution in [0.1, 0.15) is 53.7 Å². The summed E-state index contributed by atoms with van der Waals surface area (Å²) in [4.78, 5) is 24.6. The zero-order valence-electron chi connectivity index (χ0n) is 19.9. The number of hydrogen-bond acceptors (Lipinski definition) is 7. The van der Waals surface area contributed by atoms with E-state index in [-0.39, 0.29) is 22.3 Å². The van der Waals surface area contributed by atoms with Crippen molar-refractivity contribution in [3.05, 3.63) is 89.0 Å². The van der Waals surface area contributed by atoms with Crippen LogP contribution in [0.15, 0.2) is 71.6 Å². The first-order valence-corrected chi connectivity index (χ1v) is 13.4. The molecule has 0 radical (unpaired) electrons. The van der Waals surface area contributed by atoms with Gasteiger partial charge in [-0.05, 0) is 64.9 Å². The molecule has 0 aliphatic carbocycles. The Labute approximate surface area is 213 Å². The summed E-state index contributed by atoms with van der Waals surface area (Å²) in [5.74, 6) is -2.61. The Morgan fingerprint density at radius 3 is 2.19 bits per heavy atom. The molecule has 1 amide bonds. The number of rotatable bonds is 7. The number of aromatic nitrogens is 2. The number of carbonyl (C=O) groups excluding carboxylic acids is 1. The second-order valence-corrected chi connectivity index (χ2v) is 11.7. The molecule has 186 valence electrons. The molecule has 1 atom stereocenters. The summed E-state index contributed by atoms with van der Waals surface area (Å²) in [5.41, 5.74) is 3.50. The van der Waals surface area contributed by atoms with Crippen molar-refractivity contribution in [1.82, 2.24) is 13.5 Å². The number of carboxylic acid groups (broad SMARTS) is 1. The maximum Gasteiger partial charge on any atom is 0.335 e. The van der Waals surface area contributed by atoms with Crippen LogP contribution >= 0.6 is 11.7 Å². The summed E-state index contributed by atoms with van der Waals surface area (Å²) in [6.45, 7) is 6.09. The highest BCUT2D eigenvalue weighted by Gasteiger charge is 2.27. The van der Waals surface area contributed by atoms with Gasteiger partial charge in [-0.2, -0.15) is 8.75 Å². The predicted octanol–water partition coefficient (Wildman–Crippen LogP) is 4.52. The smallest absolute Gasteiger partial charge is 0.335 e. The van der Waals surface area contributed by atoms with Crippen molar-refractivity contribution in [2.75, 3.05) is 0 Å². The molecule has 0 bridgehead atoms. The first-order valence-electron chi connectivity index (χ1n) is 11.2. The summed E-state index contributed by atoms with van der Waals surface area (Å²) >= 11 is 1.05. The van der Waals surface area contributed by atoms with E-state index in [1.807, 2.05) is 20.8 Å². The van der Waals surface area contributed by atoms with Crippen LogP contribution < -0.4 is 4.72 Å². The number of carbonyl (C=O) groups is 2. The van der Waals surface area contributed by atoms with Gasteiger partial charge in [0, 0.05) is 0 Å². The molecule has 0 aliphatic heterocycles. The fourth-order valence-corrected chi connectivity index (χ4v) is 5.33. The number of aromatic carboxylic acids is 1. The van der Waals surface area contributed by atoms with Crippen LogP contribution in [0.25, 0.3) is 11.0 Å². The molecule has 0 fully saturated rings. The van der Waals surface area contributed by atoms with Crippen LogP contribution in [0.3, 0.4) is 0 Å². The molecule has 1 heterocycles. The Morgan fingerprint density at radius 1 is 0.944 bits per heavy atom. The minimum absolute atomic E-state index is 0.00688. The zero-order valence-corrected chi connectivity index (χ0v) is 21.6. The van der Waals surface area contributed by atoms with E-state index in [0.29, 0.717) is 22.2 Å². The van der Waals surface area contributed by atoms with E-state index < -0.39 is 27.8 Å². The summed E-state index contributed by atoms with van der Waals surface area (Å²) < 4.78 is 36.8. The highest BCUT2D eigenvalue weighted by molar-refractivity contribution is 7.90. The Bertz CT molecular complexity index is 1520. The van der Waals surface area contributed by atoms with Crippen molar-refractivity contribution in [1.29, 1.82) is 0 Å². The SMILES string of the molecule is CC(C)(C)c1ccc(S(=O)(=O)NC(=O)C(Cc2ccc(C(=O)O)cc2)c2ccc3nsnc3c2)cc1. The van der Waals surface area contributed by atoms with Gasteiger partial charge in [0.25, 0.3) is 10.0 Å². The number of fused-ring (bicyclic) bond motifs is 1. The van der Waals surface area contributed by atoms with E-state index in [9.17, 15) is 18.0 Å². The van der Waals surface area contributed by atoms with E-state index in [1.165, 1.54) is 24.3 Å². The van der Waals surface area contributed by atoms with Crippen LogP contribution in [0.2, 0.25) is 0 Å². The molecule has 3 aromatic carbocycles. The summed E-state index contributed by atoms with van der Waals surface area (Å²) in [7, 11) is -4.12. The minimum atomic E-state index is -4.12. The lowest BCUT2D eigenvalue weighted by atomic mass is 9.87. The van der Waals surface area contributed by atoms with Crippen LogP contribution in [-0.4, -0.2) is 34.1 Å². The van der Waals surface area contributed by atoms with Gasteiger partial charge in [0.15, 0.2) is 0 Å². The highest BCUT2D eigenvalue weighted by atomic mass is 32.2. The number of nitrogens with one attached hydrogen (secondary N) is 1. The standard InChI is InChI=1S/C26H25N3O5S2/c1-26(2,3)19-9-11-20(12-10-19)36(33,34)29-24(30)21(14-16-4-6-17(7-5-16)25(31)32)18-8-13-22-23(15-18)28-35-27-22/h4-13,15,21H,14H2,1-3H3,(H,29,30)(H,31,32). The van der Waals surface area contributed by atoms with Crippen LogP contribution in [-0.2, 0) is 26.7 Å². The van der Waals surface area contributed by atoms with Gasteiger partial charge in [-0.25, -0.2) is 17.9 Å². The third kappa shape index (κ3) is 5.60. The molecular weight excluding hydrogens is 498 g/mol. The van der Waals surface area contributed by atoms with Gasteiger partial charge in [-0.15, -0.1) is 0 Å². The molecule has 1 aromatic heterocycles. The summed E-state index contributed by atoms with van der Waals surface area (Å²) in [5, 5.41) is 9.16. The Balaban J connectivity index is 1.64. The fourth-order valence-electron chi connectivity index (χ4n) is 3.79. The van der Waals surface area contributed by atoms with Crippen molar-refractivity contribution in [2.24, 2.45) is 0 Å². The molecule has 0 aliphatic rings. The van der Waals surface area contributed by atoms with E-state index >= 15 is 0 Å². The van der Waals surface area contributed by atoms with Crippen molar-refractivity contribution in [2.45, 2.75) is 43.4 Å². The number of nitrogens with zero attached hydrogens (tertiary/aromatic N) is 2. The fraction of sp³-hybridized carbons (Fsp3) is 0.231. The lowest BCUT2D eigenvalue weighted by Crippen LogP contribution is -2.35. The van der Waals surface area contributed by atoms with Gasteiger partial charge in [0.2, 0.25) is 5.91 Å². The summed E-state index contributed by atoms with van der Waals surface area (Å²) in [6.07, 6.45) is 0.160. The molecule has 2 N–H and O–H groups in total. The van der Waals surface area contributed by atoms with E-state index in [4.69, 9.17) is 5.11 Å². The first kappa shape index (κ1) is 25.5. The van der Waals surface area contributed by atoms with E-state index in [0.717, 1.165) is 17.3 Å². The molecule has 0 saturated carbocycles. The zero-order chi connectivity index (χ0) is 26.1. The van der Waals surface area contributed by atoms with Crippen LogP contribution in [0, 0.1) is 0 Å². The number of benzene rings is 3. The third-order valence-corrected chi connectivity index (χ3v) is 7.82. The summed E-state index contributed by atoms with van der Waals surface area (Å²) in [6, 6.07) is 17.8. The molecule has 0 spiro atoms. The molecule has 4 rings (SSSR count). The van der Waals surface area contributed by atoms with E-state index in [1.54, 1.807) is 42.5 Å². The van der Waals surface area contributed by atoms with Crippen LogP contribution in [0.4, 0.5) is 0 Å². The molecule has 36 heavy (non-hydrogen) atoms. The molecule has 1 unspecified atom stereocenters. The average molecular weight is 524 g/mol. The number of hydrogen-bond donors (Lipinski definition) is 2. The van der Waals surface area contributed by atoms with Gasteiger partial charge in [0.05, 0.1) is 28.1 Å². The molecule has 10 heteroatoms. The maximum absolute atomic E-state index is 13.4. The topological polar surface area (TPSA) is 126 Å². The lowest BCUT2D eigenvalue weighted by molar-refractivity contribution is -0.120. The number of sulfonamides is 1. The third-order valence-electron chi connectivity index (χ3n) is 5.90. The molecule has 4 aromatic rings. The highest BCUT2D eigenvalue weighted by Crippen LogP contribution is 2.27. The van der Waals surface area contributed by atoms with Gasteiger partial charge >= 0.3 is 5.97 Å². The Kier molecular flexibility index (Phi) is 6.92. The van der Waals surface area contributed by atoms with Crippen molar-refractivity contribution in [3.63, 3.8) is 0 Å². The first-order chi connectivity index (χ1) is 16.9. The van der Waals surface area contributed by atoms with Gasteiger partial charge in [0.1, 0.15) is 11.0 Å². The number of amides is 1. The van der Waals surface area contributed by atoms with Crippen molar-refractivity contribution >= 4 is 44.7 Å². The quantitative estimate of drug-likeness (QED) is 0.365. The van der Waals surface area contributed by atoms with Gasteiger partial charge in [-0.1, -0.05) is 51.1 Å². The Hall–Kier alpha value is -3.63. The van der Waals surface area contributed by atoms with Gasteiger partial charge < -0.3 is 5.11 Å². The second-order valence-electron chi connectivity index (χ2n) is 9.52. The predicted molar refractivity (Wildman–Crippen MR) is 138 cm³/mol. The molecule has 0 saturated heterocycles. The number of carboxylic acids is 1. The normalized spacial score (nSPS) is 12.9. The largest absolute Gasteiger partial charge is 0.478 e.